The van der Waals surface area contributed by atoms with Gasteiger partial charge >= 0.3 is 0 Å². The highest BCUT2D eigenvalue weighted by atomic mass is 127. The van der Waals surface area contributed by atoms with Crippen LogP contribution in [0.25, 0.3) is 0 Å². The Morgan fingerprint density at radius 2 is 2.08 bits per heavy atom. The number of guanidine groups is 1. The summed E-state index contributed by atoms with van der Waals surface area (Å²) in [6.45, 7) is 9.11. The van der Waals surface area contributed by atoms with Crippen molar-refractivity contribution in [2.75, 3.05) is 39.8 Å². The lowest BCUT2D eigenvalue weighted by Gasteiger charge is -2.24. The van der Waals surface area contributed by atoms with Gasteiger partial charge in [-0.3, -0.25) is 9.89 Å². The molecule has 1 aromatic rings. The number of likely N-dealkylation sites (tertiary alicyclic amines) is 1. The third-order valence-electron chi connectivity index (χ3n) is 4.59. The number of likely N-dealkylation sites (N-methyl/N-ethyl adjacent to an activating group) is 1. The Hall–Kier alpha value is -1.02. The maximum atomic E-state index is 5.68. The molecule has 1 heterocycles. The Morgan fingerprint density at radius 1 is 1.28 bits per heavy atom. The summed E-state index contributed by atoms with van der Waals surface area (Å²) in [6, 6.07) is 8.87. The van der Waals surface area contributed by atoms with Crippen LogP contribution in [0, 0.1) is 0 Å². The van der Waals surface area contributed by atoms with Crippen LogP contribution in [0.1, 0.15) is 32.3 Å². The number of para-hydroxylation sites is 1. The molecule has 1 unspecified atom stereocenters. The second kappa shape index (κ2) is 12.4. The molecule has 0 amide bonds. The molecule has 0 saturated carbocycles. The molecule has 0 aliphatic carbocycles. The number of ether oxygens (including phenoxy) is 1. The molecule has 5 nitrogen and oxygen atoms in total. The lowest BCUT2D eigenvalue weighted by Crippen LogP contribution is -2.45. The van der Waals surface area contributed by atoms with E-state index in [-0.39, 0.29) is 24.0 Å². The van der Waals surface area contributed by atoms with E-state index in [1.165, 1.54) is 24.9 Å². The van der Waals surface area contributed by atoms with Crippen LogP contribution in [0.5, 0.6) is 5.75 Å². The molecule has 1 aromatic carbocycles. The van der Waals surface area contributed by atoms with Crippen molar-refractivity contribution in [1.29, 1.82) is 0 Å². The van der Waals surface area contributed by atoms with E-state index in [0.29, 0.717) is 12.6 Å². The first-order valence-corrected chi connectivity index (χ1v) is 9.17. The number of nitrogens with one attached hydrogen (secondary N) is 2. The first kappa shape index (κ1) is 22.0. The summed E-state index contributed by atoms with van der Waals surface area (Å²) >= 11 is 0. The fourth-order valence-corrected chi connectivity index (χ4v) is 3.30. The quantitative estimate of drug-likeness (QED) is 0.356. The van der Waals surface area contributed by atoms with Crippen LogP contribution >= 0.6 is 24.0 Å². The van der Waals surface area contributed by atoms with E-state index in [0.717, 1.165) is 37.8 Å². The average Bonchev–Trinajstić information content (AvgIpc) is 3.07. The van der Waals surface area contributed by atoms with Gasteiger partial charge < -0.3 is 15.4 Å². The molecule has 0 radical (unpaired) electrons. The SMILES string of the molecule is CCOc1ccccc1CCNC(=NC)NCC1CCCN1CC.I. The Labute approximate surface area is 169 Å². The Morgan fingerprint density at radius 3 is 2.80 bits per heavy atom. The summed E-state index contributed by atoms with van der Waals surface area (Å²) in [5.74, 6) is 1.86. The van der Waals surface area contributed by atoms with Crippen LogP contribution in [-0.2, 0) is 6.42 Å². The summed E-state index contributed by atoms with van der Waals surface area (Å²) in [6.07, 6.45) is 3.50. The van der Waals surface area contributed by atoms with Crippen LogP contribution in [0.15, 0.2) is 29.3 Å². The maximum absolute atomic E-state index is 5.68. The molecule has 1 saturated heterocycles. The zero-order valence-electron chi connectivity index (χ0n) is 15.8. The minimum atomic E-state index is 0. The fraction of sp³-hybridized carbons (Fsp3) is 0.632. The third-order valence-corrected chi connectivity index (χ3v) is 4.59. The normalized spacial score (nSPS) is 17.9. The van der Waals surface area contributed by atoms with Gasteiger partial charge in [0.1, 0.15) is 5.75 Å². The van der Waals surface area contributed by atoms with Gasteiger partial charge in [0, 0.05) is 26.2 Å². The highest BCUT2D eigenvalue weighted by molar-refractivity contribution is 14.0. The summed E-state index contributed by atoms with van der Waals surface area (Å²) in [4.78, 5) is 6.87. The molecular weight excluding hydrogens is 427 g/mol. The van der Waals surface area contributed by atoms with E-state index < -0.39 is 0 Å². The summed E-state index contributed by atoms with van der Waals surface area (Å²) < 4.78 is 5.68. The Bertz CT molecular complexity index is 524. The van der Waals surface area contributed by atoms with E-state index in [4.69, 9.17) is 4.74 Å². The molecule has 6 heteroatoms. The summed E-state index contributed by atoms with van der Waals surface area (Å²) in [5, 5.41) is 6.88. The number of halogens is 1. The monoisotopic (exact) mass is 460 g/mol. The minimum absolute atomic E-state index is 0. The van der Waals surface area contributed by atoms with Crippen molar-refractivity contribution < 1.29 is 4.74 Å². The molecule has 1 aliphatic heterocycles. The number of benzene rings is 1. The molecule has 1 aliphatic rings. The van der Waals surface area contributed by atoms with E-state index >= 15 is 0 Å². The van der Waals surface area contributed by atoms with Gasteiger partial charge in [-0.05, 0) is 50.9 Å². The van der Waals surface area contributed by atoms with Gasteiger partial charge in [-0.25, -0.2) is 0 Å². The van der Waals surface area contributed by atoms with E-state index in [9.17, 15) is 0 Å². The molecule has 1 atom stereocenters. The van der Waals surface area contributed by atoms with Crippen LogP contribution < -0.4 is 15.4 Å². The van der Waals surface area contributed by atoms with Crippen molar-refractivity contribution in [3.63, 3.8) is 0 Å². The molecule has 0 spiro atoms. The van der Waals surface area contributed by atoms with Crippen LogP contribution in [0.2, 0.25) is 0 Å². The van der Waals surface area contributed by atoms with Crippen molar-refractivity contribution in [3.8, 4) is 5.75 Å². The van der Waals surface area contributed by atoms with E-state index in [1.54, 1.807) is 0 Å². The Kier molecular flexibility index (Phi) is 10.9. The van der Waals surface area contributed by atoms with Crippen LogP contribution in [0.4, 0.5) is 0 Å². The molecular formula is C19H33IN4O. The number of hydrogen-bond acceptors (Lipinski definition) is 3. The second-order valence-electron chi connectivity index (χ2n) is 6.10. The second-order valence-corrected chi connectivity index (χ2v) is 6.10. The average molecular weight is 460 g/mol. The predicted molar refractivity (Wildman–Crippen MR) is 116 cm³/mol. The molecule has 25 heavy (non-hydrogen) atoms. The summed E-state index contributed by atoms with van der Waals surface area (Å²) in [7, 11) is 1.83. The topological polar surface area (TPSA) is 48.9 Å². The standard InChI is InChI=1S/C19H32N4O.HI/c1-4-23-14-8-10-17(23)15-22-19(20-3)21-13-12-16-9-6-7-11-18(16)24-5-2;/h6-7,9,11,17H,4-5,8,10,12-15H2,1-3H3,(H2,20,21,22);1H. The van der Waals surface area contributed by atoms with Gasteiger partial charge in [-0.1, -0.05) is 25.1 Å². The van der Waals surface area contributed by atoms with Crippen molar-refractivity contribution >= 4 is 29.9 Å². The smallest absolute Gasteiger partial charge is 0.191 e. The van der Waals surface area contributed by atoms with Crippen LogP contribution in [-0.4, -0.2) is 56.7 Å². The summed E-state index contributed by atoms with van der Waals surface area (Å²) in [5.41, 5.74) is 1.23. The molecule has 0 bridgehead atoms. The number of aliphatic imine (C=N–C) groups is 1. The van der Waals surface area contributed by atoms with Gasteiger partial charge in [-0.2, -0.15) is 0 Å². The first-order chi connectivity index (χ1) is 11.8. The molecule has 2 N–H and O–H groups in total. The molecule has 1 fully saturated rings. The van der Waals surface area contributed by atoms with Crippen molar-refractivity contribution in [1.82, 2.24) is 15.5 Å². The van der Waals surface area contributed by atoms with E-state index in [1.807, 2.05) is 26.1 Å². The number of hydrogen-bond donors (Lipinski definition) is 2. The highest BCUT2D eigenvalue weighted by Crippen LogP contribution is 2.18. The van der Waals surface area contributed by atoms with Gasteiger partial charge in [0.05, 0.1) is 6.61 Å². The lowest BCUT2D eigenvalue weighted by atomic mass is 10.1. The maximum Gasteiger partial charge on any atom is 0.191 e. The van der Waals surface area contributed by atoms with Gasteiger partial charge in [0.25, 0.3) is 0 Å². The van der Waals surface area contributed by atoms with Gasteiger partial charge in [0.15, 0.2) is 5.96 Å². The van der Waals surface area contributed by atoms with Crippen LogP contribution in [0.3, 0.4) is 0 Å². The third kappa shape index (κ3) is 7.01. The van der Waals surface area contributed by atoms with Crippen molar-refractivity contribution in [2.45, 2.75) is 39.2 Å². The number of nitrogens with zero attached hydrogens (tertiary/aromatic N) is 2. The lowest BCUT2D eigenvalue weighted by molar-refractivity contribution is 0.267. The zero-order chi connectivity index (χ0) is 17.2. The molecule has 2 rings (SSSR count). The Balaban J connectivity index is 0.00000312. The number of rotatable bonds is 8. The zero-order valence-corrected chi connectivity index (χ0v) is 18.1. The largest absolute Gasteiger partial charge is 0.494 e. The predicted octanol–water partition coefficient (Wildman–Crippen LogP) is 2.90. The van der Waals surface area contributed by atoms with E-state index in [2.05, 4.69) is 39.6 Å². The fourth-order valence-electron chi connectivity index (χ4n) is 3.30. The molecule has 142 valence electrons. The first-order valence-electron chi connectivity index (χ1n) is 9.17. The van der Waals surface area contributed by atoms with Crippen molar-refractivity contribution in [2.24, 2.45) is 4.99 Å². The van der Waals surface area contributed by atoms with Gasteiger partial charge in [0.2, 0.25) is 0 Å². The molecule has 0 aromatic heterocycles. The van der Waals surface area contributed by atoms with Crippen molar-refractivity contribution in [3.05, 3.63) is 29.8 Å². The minimum Gasteiger partial charge on any atom is -0.494 e. The van der Waals surface area contributed by atoms with Gasteiger partial charge in [-0.15, -0.1) is 24.0 Å². The highest BCUT2D eigenvalue weighted by Gasteiger charge is 2.22.